The van der Waals surface area contributed by atoms with Crippen LogP contribution in [0.15, 0.2) is 23.0 Å². The topological polar surface area (TPSA) is 87.3 Å². The molecule has 0 saturated carbocycles. The number of rotatable bonds is 5. The summed E-state index contributed by atoms with van der Waals surface area (Å²) in [6, 6.07) is 6.12. The zero-order chi connectivity index (χ0) is 19.5. The highest BCUT2D eigenvalue weighted by molar-refractivity contribution is 5.91. The number of ether oxygens (including phenoxy) is 1. The molecule has 2 N–H and O–H groups in total. The second kappa shape index (κ2) is 8.14. The summed E-state index contributed by atoms with van der Waals surface area (Å²) < 4.78 is 5.34. The van der Waals surface area contributed by atoms with Gasteiger partial charge in [0, 0.05) is 36.5 Å². The molecule has 0 unspecified atom stereocenters. The Hall–Kier alpha value is -2.67. The van der Waals surface area contributed by atoms with Crippen molar-refractivity contribution >= 4 is 17.5 Å². The molecule has 1 saturated heterocycles. The van der Waals surface area contributed by atoms with Gasteiger partial charge in [0.25, 0.3) is 5.56 Å². The first-order valence-corrected chi connectivity index (χ1v) is 9.94. The van der Waals surface area contributed by atoms with E-state index in [1.54, 1.807) is 0 Å². The van der Waals surface area contributed by atoms with E-state index in [4.69, 9.17) is 4.74 Å². The van der Waals surface area contributed by atoms with Crippen molar-refractivity contribution < 1.29 is 9.53 Å². The number of nitrogens with one attached hydrogen (secondary N) is 2. The van der Waals surface area contributed by atoms with Crippen LogP contribution in [0.4, 0.5) is 11.6 Å². The minimum Gasteiger partial charge on any atom is -0.378 e. The molecule has 1 aromatic carbocycles. The summed E-state index contributed by atoms with van der Waals surface area (Å²) in [7, 11) is 0. The van der Waals surface area contributed by atoms with Crippen molar-refractivity contribution in [3.8, 4) is 0 Å². The lowest BCUT2D eigenvalue weighted by Gasteiger charge is -2.27. The minimum absolute atomic E-state index is 0.0889. The van der Waals surface area contributed by atoms with Crippen molar-refractivity contribution in [2.45, 2.75) is 39.0 Å². The lowest BCUT2D eigenvalue weighted by molar-refractivity contribution is -0.116. The van der Waals surface area contributed by atoms with Gasteiger partial charge in [0.15, 0.2) is 0 Å². The van der Waals surface area contributed by atoms with Gasteiger partial charge in [0.05, 0.1) is 13.2 Å². The number of anilines is 2. The third-order valence-electron chi connectivity index (χ3n) is 5.50. The van der Waals surface area contributed by atoms with E-state index in [1.165, 1.54) is 17.5 Å². The molecule has 0 bridgehead atoms. The summed E-state index contributed by atoms with van der Waals surface area (Å²) in [5, 5.41) is 2.95. The lowest BCUT2D eigenvalue weighted by Crippen LogP contribution is -2.38. The van der Waals surface area contributed by atoms with Gasteiger partial charge < -0.3 is 15.0 Å². The van der Waals surface area contributed by atoms with E-state index in [0.29, 0.717) is 49.9 Å². The molecule has 1 fully saturated rings. The van der Waals surface area contributed by atoms with Crippen LogP contribution in [-0.4, -0.2) is 42.2 Å². The van der Waals surface area contributed by atoms with Crippen molar-refractivity contribution in [2.75, 3.05) is 36.5 Å². The van der Waals surface area contributed by atoms with E-state index >= 15 is 0 Å². The Labute approximate surface area is 164 Å². The second-order valence-electron chi connectivity index (χ2n) is 7.44. The minimum atomic E-state index is -0.167. The summed E-state index contributed by atoms with van der Waals surface area (Å²) >= 11 is 0. The fraction of sp³-hybridized carbons (Fsp3) is 0.476. The van der Waals surface area contributed by atoms with Crippen molar-refractivity contribution in [1.29, 1.82) is 0 Å². The summed E-state index contributed by atoms with van der Waals surface area (Å²) in [5.41, 5.74) is 4.62. The maximum Gasteiger partial charge on any atom is 0.255 e. The Bertz CT molecular complexity index is 932. The molecule has 4 rings (SSSR count). The molecule has 2 aliphatic rings. The third-order valence-corrected chi connectivity index (χ3v) is 5.50. The quantitative estimate of drug-likeness (QED) is 0.826. The second-order valence-corrected chi connectivity index (χ2v) is 7.44. The number of morpholine rings is 1. The van der Waals surface area contributed by atoms with Crippen LogP contribution in [0.2, 0.25) is 0 Å². The fourth-order valence-corrected chi connectivity index (χ4v) is 3.93. The molecule has 1 aliphatic heterocycles. The van der Waals surface area contributed by atoms with Gasteiger partial charge in [-0.25, -0.2) is 4.98 Å². The highest BCUT2D eigenvalue weighted by Crippen LogP contribution is 2.25. The molecule has 0 atom stereocenters. The van der Waals surface area contributed by atoms with E-state index in [9.17, 15) is 9.59 Å². The maximum atomic E-state index is 12.5. The number of aryl methyl sites for hydroxylation is 3. The molecule has 148 valence electrons. The summed E-state index contributed by atoms with van der Waals surface area (Å²) in [4.78, 5) is 34.3. The van der Waals surface area contributed by atoms with Gasteiger partial charge in [0.2, 0.25) is 11.9 Å². The summed E-state index contributed by atoms with van der Waals surface area (Å²) in [5.74, 6) is 0.492. The van der Waals surface area contributed by atoms with Crippen LogP contribution in [0.1, 0.15) is 35.2 Å². The molecular formula is C21H26N4O3. The molecule has 1 aromatic heterocycles. The molecule has 1 aliphatic carbocycles. The van der Waals surface area contributed by atoms with E-state index in [0.717, 1.165) is 18.5 Å². The Balaban J connectivity index is 1.38. The molecule has 28 heavy (non-hydrogen) atoms. The van der Waals surface area contributed by atoms with Gasteiger partial charge in [-0.2, -0.15) is 0 Å². The van der Waals surface area contributed by atoms with E-state index in [2.05, 4.69) is 27.4 Å². The Morgan fingerprint density at radius 1 is 1.25 bits per heavy atom. The number of carbonyl (C=O) groups excluding carboxylic acids is 1. The highest BCUT2D eigenvalue weighted by atomic mass is 16.5. The monoisotopic (exact) mass is 382 g/mol. The highest BCUT2D eigenvalue weighted by Gasteiger charge is 2.17. The Kier molecular flexibility index (Phi) is 5.43. The molecule has 7 heteroatoms. The number of hydrogen-bond donors (Lipinski definition) is 2. The van der Waals surface area contributed by atoms with Crippen molar-refractivity contribution in [3.63, 3.8) is 0 Å². The molecule has 0 spiro atoms. The number of amides is 1. The molecule has 2 aromatic rings. The smallest absolute Gasteiger partial charge is 0.255 e. The van der Waals surface area contributed by atoms with Crippen LogP contribution >= 0.6 is 0 Å². The standard InChI is InChI=1S/C21H26N4O3/c1-14-18(20(27)24-21(22-14)25-9-11-28-12-10-25)7-8-19(26)23-17-6-5-15-3-2-4-16(15)13-17/h5-6,13H,2-4,7-12H2,1H3,(H,23,26)(H,22,24,27). The fourth-order valence-electron chi connectivity index (χ4n) is 3.93. The Morgan fingerprint density at radius 2 is 2.04 bits per heavy atom. The van der Waals surface area contributed by atoms with E-state index in [1.807, 2.05) is 17.9 Å². The number of H-pyrrole nitrogens is 1. The summed E-state index contributed by atoms with van der Waals surface area (Å²) in [6.45, 7) is 4.52. The van der Waals surface area contributed by atoms with Gasteiger partial charge in [-0.1, -0.05) is 6.07 Å². The third kappa shape index (κ3) is 4.09. The first kappa shape index (κ1) is 18.7. The first-order chi connectivity index (χ1) is 13.6. The lowest BCUT2D eigenvalue weighted by atomic mass is 10.1. The van der Waals surface area contributed by atoms with Crippen molar-refractivity contribution in [3.05, 3.63) is 50.9 Å². The molecule has 0 radical (unpaired) electrons. The molecule has 1 amide bonds. The maximum absolute atomic E-state index is 12.5. The van der Waals surface area contributed by atoms with Crippen molar-refractivity contribution in [2.24, 2.45) is 0 Å². The number of aromatic nitrogens is 2. The van der Waals surface area contributed by atoms with Crippen LogP contribution in [0.3, 0.4) is 0 Å². The van der Waals surface area contributed by atoms with Crippen LogP contribution < -0.4 is 15.8 Å². The zero-order valence-electron chi connectivity index (χ0n) is 16.2. The predicted molar refractivity (Wildman–Crippen MR) is 108 cm³/mol. The molecule has 7 nitrogen and oxygen atoms in total. The molecular weight excluding hydrogens is 356 g/mol. The number of nitrogens with zero attached hydrogens (tertiary/aromatic N) is 2. The largest absolute Gasteiger partial charge is 0.378 e. The van der Waals surface area contributed by atoms with Gasteiger partial charge >= 0.3 is 0 Å². The number of hydrogen-bond acceptors (Lipinski definition) is 5. The van der Waals surface area contributed by atoms with Crippen LogP contribution in [0.5, 0.6) is 0 Å². The number of fused-ring (bicyclic) bond motifs is 1. The van der Waals surface area contributed by atoms with Crippen molar-refractivity contribution in [1.82, 2.24) is 9.97 Å². The number of benzene rings is 1. The number of carbonyl (C=O) groups is 1. The Morgan fingerprint density at radius 3 is 2.82 bits per heavy atom. The van der Waals surface area contributed by atoms with Crippen LogP contribution in [0.25, 0.3) is 0 Å². The SMILES string of the molecule is Cc1nc(N2CCOCC2)[nH]c(=O)c1CCC(=O)Nc1ccc2c(c1)CCC2. The normalized spacial score (nSPS) is 16.1. The van der Waals surface area contributed by atoms with Gasteiger partial charge in [-0.15, -0.1) is 0 Å². The van der Waals surface area contributed by atoms with Crippen LogP contribution in [-0.2, 0) is 28.8 Å². The van der Waals surface area contributed by atoms with Gasteiger partial charge in [-0.05, 0) is 55.9 Å². The molecule has 2 heterocycles. The van der Waals surface area contributed by atoms with E-state index < -0.39 is 0 Å². The average Bonchev–Trinajstić information content (AvgIpc) is 3.15. The van der Waals surface area contributed by atoms with E-state index in [-0.39, 0.29) is 17.9 Å². The van der Waals surface area contributed by atoms with Crippen LogP contribution in [0, 0.1) is 6.92 Å². The van der Waals surface area contributed by atoms with Gasteiger partial charge in [0.1, 0.15) is 0 Å². The first-order valence-electron chi connectivity index (χ1n) is 9.94. The average molecular weight is 382 g/mol. The summed E-state index contributed by atoms with van der Waals surface area (Å²) in [6.07, 6.45) is 4.00. The van der Waals surface area contributed by atoms with Gasteiger partial charge in [-0.3, -0.25) is 14.6 Å². The zero-order valence-corrected chi connectivity index (χ0v) is 16.2. The number of aromatic amines is 1. The predicted octanol–water partition coefficient (Wildman–Crippen LogP) is 1.97.